The maximum atomic E-state index is 11.7. The SMILES string of the molecule is C#CC(CCC)(COC(=O)N(CC)CC)OC. The molecule has 17 heavy (non-hydrogen) atoms. The van der Waals surface area contributed by atoms with Gasteiger partial charge in [-0.2, -0.15) is 0 Å². The van der Waals surface area contributed by atoms with Gasteiger partial charge in [0.15, 0.2) is 5.60 Å². The van der Waals surface area contributed by atoms with Gasteiger partial charge in [0.2, 0.25) is 0 Å². The average Bonchev–Trinajstić information content (AvgIpc) is 2.36. The number of methoxy groups -OCH3 is 1. The highest BCUT2D eigenvalue weighted by Gasteiger charge is 2.29. The molecule has 0 aromatic carbocycles. The predicted molar refractivity (Wildman–Crippen MR) is 67.8 cm³/mol. The zero-order chi connectivity index (χ0) is 13.3. The topological polar surface area (TPSA) is 38.8 Å². The second kappa shape index (κ2) is 7.97. The molecule has 1 unspecified atom stereocenters. The molecule has 98 valence electrons. The quantitative estimate of drug-likeness (QED) is 0.642. The monoisotopic (exact) mass is 241 g/mol. The van der Waals surface area contributed by atoms with E-state index in [0.29, 0.717) is 19.5 Å². The zero-order valence-corrected chi connectivity index (χ0v) is 11.3. The van der Waals surface area contributed by atoms with E-state index in [-0.39, 0.29) is 12.7 Å². The van der Waals surface area contributed by atoms with Crippen molar-refractivity contribution in [2.75, 3.05) is 26.8 Å². The molecule has 0 aliphatic rings. The molecule has 0 aromatic rings. The summed E-state index contributed by atoms with van der Waals surface area (Å²) in [7, 11) is 1.54. The van der Waals surface area contributed by atoms with Crippen LogP contribution in [0, 0.1) is 12.3 Å². The van der Waals surface area contributed by atoms with Gasteiger partial charge in [0.1, 0.15) is 6.61 Å². The van der Waals surface area contributed by atoms with E-state index in [9.17, 15) is 4.79 Å². The van der Waals surface area contributed by atoms with E-state index in [0.717, 1.165) is 6.42 Å². The van der Waals surface area contributed by atoms with E-state index in [4.69, 9.17) is 15.9 Å². The molecule has 0 bridgehead atoms. The molecular formula is C13H23NO3. The number of carbonyl (C=O) groups is 1. The Morgan fingerprint density at radius 2 is 1.94 bits per heavy atom. The third-order valence-electron chi connectivity index (χ3n) is 2.76. The minimum Gasteiger partial charge on any atom is -0.445 e. The van der Waals surface area contributed by atoms with Crippen molar-refractivity contribution < 1.29 is 14.3 Å². The molecular weight excluding hydrogens is 218 g/mol. The van der Waals surface area contributed by atoms with E-state index >= 15 is 0 Å². The first-order valence-electron chi connectivity index (χ1n) is 6.03. The Morgan fingerprint density at radius 1 is 1.35 bits per heavy atom. The summed E-state index contributed by atoms with van der Waals surface area (Å²) in [6.07, 6.45) is 6.66. The van der Waals surface area contributed by atoms with E-state index in [2.05, 4.69) is 5.92 Å². The zero-order valence-electron chi connectivity index (χ0n) is 11.3. The van der Waals surface area contributed by atoms with Crippen LogP contribution in [0.4, 0.5) is 4.79 Å². The number of hydrogen-bond acceptors (Lipinski definition) is 3. The fraction of sp³-hybridized carbons (Fsp3) is 0.769. The van der Waals surface area contributed by atoms with Crippen molar-refractivity contribution in [2.45, 2.75) is 39.2 Å². The third-order valence-corrected chi connectivity index (χ3v) is 2.76. The van der Waals surface area contributed by atoms with Crippen LogP contribution in [0.3, 0.4) is 0 Å². The fourth-order valence-electron chi connectivity index (χ4n) is 1.56. The van der Waals surface area contributed by atoms with Gasteiger partial charge in [-0.3, -0.25) is 0 Å². The highest BCUT2D eigenvalue weighted by atomic mass is 16.6. The second-order valence-electron chi connectivity index (χ2n) is 3.82. The lowest BCUT2D eigenvalue weighted by atomic mass is 10.0. The number of terminal acetylenes is 1. The molecule has 0 aliphatic carbocycles. The van der Waals surface area contributed by atoms with Crippen molar-refractivity contribution in [1.82, 2.24) is 4.90 Å². The third kappa shape index (κ3) is 4.66. The van der Waals surface area contributed by atoms with Crippen molar-refractivity contribution in [3.8, 4) is 12.3 Å². The number of rotatable bonds is 7. The van der Waals surface area contributed by atoms with Crippen molar-refractivity contribution in [3.63, 3.8) is 0 Å². The van der Waals surface area contributed by atoms with Crippen LogP contribution in [-0.4, -0.2) is 43.4 Å². The van der Waals surface area contributed by atoms with E-state index in [1.807, 2.05) is 20.8 Å². The Morgan fingerprint density at radius 3 is 2.29 bits per heavy atom. The summed E-state index contributed by atoms with van der Waals surface area (Å²) in [4.78, 5) is 13.3. The summed E-state index contributed by atoms with van der Waals surface area (Å²) >= 11 is 0. The summed E-state index contributed by atoms with van der Waals surface area (Å²) in [5.41, 5.74) is -0.794. The van der Waals surface area contributed by atoms with Gasteiger partial charge < -0.3 is 14.4 Å². The molecule has 0 heterocycles. The number of hydrogen-bond donors (Lipinski definition) is 0. The lowest BCUT2D eigenvalue weighted by Gasteiger charge is -2.27. The summed E-state index contributed by atoms with van der Waals surface area (Å²) in [5.74, 6) is 2.58. The molecule has 0 N–H and O–H groups in total. The molecule has 0 rings (SSSR count). The van der Waals surface area contributed by atoms with E-state index < -0.39 is 5.60 Å². The normalized spacial score (nSPS) is 13.6. The van der Waals surface area contributed by atoms with Gasteiger partial charge >= 0.3 is 6.09 Å². The summed E-state index contributed by atoms with van der Waals surface area (Å²) in [6.45, 7) is 7.17. The van der Waals surface area contributed by atoms with Crippen molar-refractivity contribution in [1.29, 1.82) is 0 Å². The molecule has 4 heteroatoms. The number of ether oxygens (including phenoxy) is 2. The molecule has 1 atom stereocenters. The summed E-state index contributed by atoms with van der Waals surface area (Å²) < 4.78 is 10.5. The van der Waals surface area contributed by atoms with Crippen LogP contribution < -0.4 is 0 Å². The van der Waals surface area contributed by atoms with Crippen LogP contribution in [-0.2, 0) is 9.47 Å². The van der Waals surface area contributed by atoms with Gasteiger partial charge in [0, 0.05) is 20.2 Å². The Hall–Kier alpha value is -1.21. The van der Waals surface area contributed by atoms with Crippen molar-refractivity contribution in [2.24, 2.45) is 0 Å². The predicted octanol–water partition coefficient (Wildman–Crippen LogP) is 2.28. The fourth-order valence-corrected chi connectivity index (χ4v) is 1.56. The van der Waals surface area contributed by atoms with Crippen molar-refractivity contribution in [3.05, 3.63) is 0 Å². The van der Waals surface area contributed by atoms with Crippen LogP contribution in [0.5, 0.6) is 0 Å². The number of nitrogens with zero attached hydrogens (tertiary/aromatic N) is 1. The number of amides is 1. The lowest BCUT2D eigenvalue weighted by molar-refractivity contribution is -0.0259. The molecule has 0 saturated heterocycles. The largest absolute Gasteiger partial charge is 0.445 e. The molecule has 0 aliphatic heterocycles. The van der Waals surface area contributed by atoms with Gasteiger partial charge in [0.25, 0.3) is 0 Å². The molecule has 0 radical (unpaired) electrons. The molecule has 0 aromatic heterocycles. The summed E-state index contributed by atoms with van der Waals surface area (Å²) in [6, 6.07) is 0. The molecule has 0 spiro atoms. The second-order valence-corrected chi connectivity index (χ2v) is 3.82. The van der Waals surface area contributed by atoms with E-state index in [1.54, 1.807) is 12.0 Å². The molecule has 0 fully saturated rings. The molecule has 1 amide bonds. The first-order chi connectivity index (χ1) is 8.09. The minimum atomic E-state index is -0.794. The van der Waals surface area contributed by atoms with Crippen LogP contribution in [0.15, 0.2) is 0 Å². The summed E-state index contributed by atoms with van der Waals surface area (Å²) in [5, 5.41) is 0. The van der Waals surface area contributed by atoms with Crippen LogP contribution >= 0.6 is 0 Å². The van der Waals surface area contributed by atoms with Gasteiger partial charge in [0.05, 0.1) is 0 Å². The van der Waals surface area contributed by atoms with Crippen molar-refractivity contribution >= 4 is 6.09 Å². The van der Waals surface area contributed by atoms with Crippen LogP contribution in [0.1, 0.15) is 33.6 Å². The Kier molecular flexibility index (Phi) is 7.40. The average molecular weight is 241 g/mol. The molecule has 4 nitrogen and oxygen atoms in total. The Balaban J connectivity index is 4.41. The maximum absolute atomic E-state index is 11.7. The smallest absolute Gasteiger partial charge is 0.409 e. The van der Waals surface area contributed by atoms with Crippen LogP contribution in [0.25, 0.3) is 0 Å². The first kappa shape index (κ1) is 15.8. The van der Waals surface area contributed by atoms with E-state index in [1.165, 1.54) is 0 Å². The number of carbonyl (C=O) groups excluding carboxylic acids is 1. The van der Waals surface area contributed by atoms with Crippen LogP contribution in [0.2, 0.25) is 0 Å². The minimum absolute atomic E-state index is 0.100. The lowest BCUT2D eigenvalue weighted by Crippen LogP contribution is -2.39. The first-order valence-corrected chi connectivity index (χ1v) is 6.03. The Labute approximate surface area is 104 Å². The Bertz CT molecular complexity index is 268. The van der Waals surface area contributed by atoms with Gasteiger partial charge in [-0.25, -0.2) is 4.79 Å². The van der Waals surface area contributed by atoms with Gasteiger partial charge in [-0.1, -0.05) is 19.3 Å². The van der Waals surface area contributed by atoms with Gasteiger partial charge in [-0.15, -0.1) is 6.42 Å². The molecule has 0 saturated carbocycles. The highest BCUT2D eigenvalue weighted by Crippen LogP contribution is 2.17. The van der Waals surface area contributed by atoms with Gasteiger partial charge in [-0.05, 0) is 20.3 Å². The highest BCUT2D eigenvalue weighted by molar-refractivity contribution is 5.67. The maximum Gasteiger partial charge on any atom is 0.409 e. The standard InChI is InChI=1S/C13H23NO3/c1-6-10-13(7-2,16-5)11-17-12(15)14(8-3)9-4/h2H,6,8-11H2,1,3-5H3.